The topological polar surface area (TPSA) is 58.6 Å². The standard InChI is InChI=1S/C25H30N2O3/c1-18(28)30-23-10-6-9-20(15-23)25-13-14-26-17-21(25)11-12-22(16-25)27(2)24(29)19-7-4-3-5-8-19/h3-10,15,21-22,26H,11-14,16-17H2,1-2H3/t21?,22-,25?/m1/s1. The Morgan fingerprint density at radius 2 is 1.90 bits per heavy atom. The lowest BCUT2D eigenvalue weighted by molar-refractivity contribution is -0.131. The van der Waals surface area contributed by atoms with E-state index in [0.29, 0.717) is 11.7 Å². The average Bonchev–Trinajstić information content (AvgIpc) is 2.78. The van der Waals surface area contributed by atoms with Crippen LogP contribution in [0.25, 0.3) is 0 Å². The largest absolute Gasteiger partial charge is 0.427 e. The summed E-state index contributed by atoms with van der Waals surface area (Å²) in [5, 5.41) is 3.55. The zero-order valence-electron chi connectivity index (χ0n) is 17.8. The molecule has 1 saturated carbocycles. The fraction of sp³-hybridized carbons (Fsp3) is 0.440. The van der Waals surface area contributed by atoms with E-state index in [9.17, 15) is 9.59 Å². The third kappa shape index (κ3) is 3.99. The molecule has 158 valence electrons. The van der Waals surface area contributed by atoms with Crippen LogP contribution in [-0.2, 0) is 10.2 Å². The van der Waals surface area contributed by atoms with Gasteiger partial charge >= 0.3 is 5.97 Å². The molecule has 30 heavy (non-hydrogen) atoms. The van der Waals surface area contributed by atoms with Crippen LogP contribution in [0.1, 0.15) is 48.5 Å². The first-order valence-electron chi connectivity index (χ1n) is 10.8. The first-order valence-corrected chi connectivity index (χ1v) is 10.8. The molecule has 0 bridgehead atoms. The second-order valence-electron chi connectivity index (χ2n) is 8.65. The van der Waals surface area contributed by atoms with E-state index in [0.717, 1.165) is 44.3 Å². The van der Waals surface area contributed by atoms with Crippen molar-refractivity contribution in [2.24, 2.45) is 5.92 Å². The fourth-order valence-corrected chi connectivity index (χ4v) is 5.36. The van der Waals surface area contributed by atoms with Gasteiger partial charge in [0, 0.05) is 31.0 Å². The summed E-state index contributed by atoms with van der Waals surface area (Å²) in [6.45, 7) is 3.37. The molecule has 2 unspecified atom stereocenters. The molecule has 0 aromatic heterocycles. The molecule has 3 atom stereocenters. The molecule has 5 heteroatoms. The first-order chi connectivity index (χ1) is 14.5. The summed E-state index contributed by atoms with van der Waals surface area (Å²) < 4.78 is 5.37. The third-order valence-corrected chi connectivity index (χ3v) is 6.93. The number of piperidine rings is 1. The summed E-state index contributed by atoms with van der Waals surface area (Å²) in [5.74, 6) is 0.885. The van der Waals surface area contributed by atoms with Crippen LogP contribution in [0, 0.1) is 5.92 Å². The number of amides is 1. The third-order valence-electron chi connectivity index (χ3n) is 6.93. The molecule has 1 aliphatic heterocycles. The number of carbonyl (C=O) groups excluding carboxylic acids is 2. The summed E-state index contributed by atoms with van der Waals surface area (Å²) >= 11 is 0. The molecule has 1 saturated heterocycles. The molecule has 1 aliphatic carbocycles. The van der Waals surface area contributed by atoms with Crippen molar-refractivity contribution in [3.8, 4) is 5.75 Å². The quantitative estimate of drug-likeness (QED) is 0.620. The number of hydrogen-bond donors (Lipinski definition) is 1. The number of fused-ring (bicyclic) bond motifs is 1. The van der Waals surface area contributed by atoms with E-state index in [1.165, 1.54) is 12.5 Å². The summed E-state index contributed by atoms with van der Waals surface area (Å²) in [5.41, 5.74) is 1.94. The van der Waals surface area contributed by atoms with Crippen LogP contribution >= 0.6 is 0 Å². The van der Waals surface area contributed by atoms with Crippen molar-refractivity contribution in [3.63, 3.8) is 0 Å². The SMILES string of the molecule is CC(=O)Oc1cccc(C23CCNCC2CC[C@@H](N(C)C(=O)c2ccccc2)C3)c1. The highest BCUT2D eigenvalue weighted by Crippen LogP contribution is 2.49. The molecule has 2 aromatic rings. The maximum atomic E-state index is 13.1. The molecule has 1 N–H and O–H groups in total. The first kappa shape index (κ1) is 20.6. The predicted octanol–water partition coefficient (Wildman–Crippen LogP) is 3.78. The van der Waals surface area contributed by atoms with Gasteiger partial charge in [-0.15, -0.1) is 0 Å². The number of nitrogens with one attached hydrogen (secondary N) is 1. The number of hydrogen-bond acceptors (Lipinski definition) is 4. The molecule has 4 rings (SSSR count). The molecule has 2 fully saturated rings. The van der Waals surface area contributed by atoms with Crippen LogP contribution in [0.2, 0.25) is 0 Å². The highest BCUT2D eigenvalue weighted by molar-refractivity contribution is 5.94. The number of carbonyl (C=O) groups is 2. The maximum Gasteiger partial charge on any atom is 0.308 e. The lowest BCUT2D eigenvalue weighted by Crippen LogP contribution is -2.55. The molecule has 5 nitrogen and oxygen atoms in total. The van der Waals surface area contributed by atoms with E-state index in [4.69, 9.17) is 4.74 Å². The summed E-state index contributed by atoms with van der Waals surface area (Å²) in [6, 6.07) is 17.7. The lowest BCUT2D eigenvalue weighted by atomic mass is 9.58. The van der Waals surface area contributed by atoms with Gasteiger partial charge in [-0.3, -0.25) is 9.59 Å². The second kappa shape index (κ2) is 8.60. The summed E-state index contributed by atoms with van der Waals surface area (Å²) in [4.78, 5) is 26.5. The van der Waals surface area contributed by atoms with Gasteiger partial charge in [0.25, 0.3) is 5.91 Å². The van der Waals surface area contributed by atoms with Gasteiger partial charge in [0.05, 0.1) is 0 Å². The van der Waals surface area contributed by atoms with E-state index in [1.807, 2.05) is 60.5 Å². The van der Waals surface area contributed by atoms with Crippen LogP contribution in [-0.4, -0.2) is 43.0 Å². The molecule has 0 spiro atoms. The van der Waals surface area contributed by atoms with Crippen molar-refractivity contribution in [2.45, 2.75) is 44.1 Å². The number of benzene rings is 2. The zero-order chi connectivity index (χ0) is 21.1. The van der Waals surface area contributed by atoms with Crippen molar-refractivity contribution in [1.29, 1.82) is 0 Å². The number of nitrogens with zero attached hydrogens (tertiary/aromatic N) is 1. The summed E-state index contributed by atoms with van der Waals surface area (Å²) in [6.07, 6.45) is 4.03. The molecular formula is C25H30N2O3. The van der Waals surface area contributed by atoms with Crippen LogP contribution in [0.3, 0.4) is 0 Å². The Balaban J connectivity index is 1.63. The van der Waals surface area contributed by atoms with Gasteiger partial charge in [0.2, 0.25) is 0 Å². The average molecular weight is 407 g/mol. The minimum atomic E-state index is -0.304. The van der Waals surface area contributed by atoms with Gasteiger partial charge in [-0.25, -0.2) is 0 Å². The molecular weight excluding hydrogens is 376 g/mol. The monoisotopic (exact) mass is 406 g/mol. The predicted molar refractivity (Wildman–Crippen MR) is 117 cm³/mol. The number of ether oxygens (including phenoxy) is 1. The highest BCUT2D eigenvalue weighted by Gasteiger charge is 2.47. The lowest BCUT2D eigenvalue weighted by Gasteiger charge is -2.52. The Morgan fingerprint density at radius 1 is 1.10 bits per heavy atom. The van der Waals surface area contributed by atoms with Gasteiger partial charge in [-0.2, -0.15) is 0 Å². The van der Waals surface area contributed by atoms with Crippen molar-refractivity contribution in [2.75, 3.05) is 20.1 Å². The molecule has 1 amide bonds. The Kier molecular flexibility index (Phi) is 5.91. The van der Waals surface area contributed by atoms with Gasteiger partial charge in [0.1, 0.15) is 5.75 Å². The zero-order valence-corrected chi connectivity index (χ0v) is 17.8. The molecule has 2 aromatic carbocycles. The van der Waals surface area contributed by atoms with E-state index < -0.39 is 0 Å². The van der Waals surface area contributed by atoms with Crippen molar-refractivity contribution < 1.29 is 14.3 Å². The van der Waals surface area contributed by atoms with E-state index in [-0.39, 0.29) is 23.3 Å². The Morgan fingerprint density at radius 3 is 2.67 bits per heavy atom. The van der Waals surface area contributed by atoms with E-state index in [2.05, 4.69) is 11.4 Å². The normalized spacial score (nSPS) is 25.8. The summed E-state index contributed by atoms with van der Waals surface area (Å²) in [7, 11) is 1.93. The Labute approximate surface area is 178 Å². The van der Waals surface area contributed by atoms with Gasteiger partial charge < -0.3 is 15.0 Å². The van der Waals surface area contributed by atoms with Crippen LogP contribution in [0.4, 0.5) is 0 Å². The van der Waals surface area contributed by atoms with Crippen LogP contribution in [0.15, 0.2) is 54.6 Å². The van der Waals surface area contributed by atoms with E-state index in [1.54, 1.807) is 0 Å². The van der Waals surface area contributed by atoms with Crippen LogP contribution in [0.5, 0.6) is 5.75 Å². The maximum absolute atomic E-state index is 13.1. The van der Waals surface area contributed by atoms with Crippen LogP contribution < -0.4 is 10.1 Å². The fourth-order valence-electron chi connectivity index (χ4n) is 5.36. The minimum Gasteiger partial charge on any atom is -0.427 e. The van der Waals surface area contributed by atoms with Gasteiger partial charge in [-0.1, -0.05) is 30.3 Å². The van der Waals surface area contributed by atoms with Crippen molar-refractivity contribution in [1.82, 2.24) is 10.2 Å². The Hall–Kier alpha value is -2.66. The minimum absolute atomic E-state index is 0.0183. The van der Waals surface area contributed by atoms with Gasteiger partial charge in [0.15, 0.2) is 0 Å². The van der Waals surface area contributed by atoms with Crippen molar-refractivity contribution in [3.05, 3.63) is 65.7 Å². The Bertz CT molecular complexity index is 914. The highest BCUT2D eigenvalue weighted by atomic mass is 16.5. The van der Waals surface area contributed by atoms with Gasteiger partial charge in [-0.05, 0) is 74.5 Å². The number of esters is 1. The molecule has 2 aliphatic rings. The molecule has 1 heterocycles. The second-order valence-corrected chi connectivity index (χ2v) is 8.65. The smallest absolute Gasteiger partial charge is 0.308 e. The van der Waals surface area contributed by atoms with E-state index >= 15 is 0 Å². The van der Waals surface area contributed by atoms with Crippen molar-refractivity contribution >= 4 is 11.9 Å². The number of rotatable bonds is 4. The molecule has 0 radical (unpaired) electrons.